The Morgan fingerprint density at radius 2 is 1.39 bits per heavy atom. The van der Waals surface area contributed by atoms with E-state index >= 15 is 0 Å². The Balaban J connectivity index is 1.41. The number of benzene rings is 5. The smallest absolute Gasteiger partial charge is 0.456 e. The average molecular weight is 577 g/mol. The van der Waals surface area contributed by atoms with Crippen LogP contribution in [0.2, 0.25) is 0 Å². The van der Waals surface area contributed by atoms with Gasteiger partial charge in [-0.05, 0) is 104 Å². The second kappa shape index (κ2) is 9.46. The first-order valence-corrected chi connectivity index (χ1v) is 15.2. The lowest BCUT2D eigenvalue weighted by atomic mass is 9.75. The van der Waals surface area contributed by atoms with Gasteiger partial charge in [0.25, 0.3) is 0 Å². The van der Waals surface area contributed by atoms with Crippen molar-refractivity contribution in [3.05, 3.63) is 103 Å². The van der Waals surface area contributed by atoms with Crippen LogP contribution < -0.4 is 5.46 Å². The zero-order chi connectivity index (χ0) is 30.4. The molecule has 4 nitrogen and oxygen atoms in total. The molecule has 0 spiro atoms. The highest BCUT2D eigenvalue weighted by Crippen LogP contribution is 2.42. The lowest BCUT2D eigenvalue weighted by Gasteiger charge is -2.32. The molecular weight excluding hydrogens is 543 g/mol. The van der Waals surface area contributed by atoms with Gasteiger partial charge >= 0.3 is 7.12 Å². The van der Waals surface area contributed by atoms with Crippen LogP contribution >= 0.6 is 0 Å². The summed E-state index contributed by atoms with van der Waals surface area (Å²) >= 11 is 0. The van der Waals surface area contributed by atoms with Gasteiger partial charge in [-0.3, -0.25) is 0 Å². The van der Waals surface area contributed by atoms with E-state index < -0.39 is 18.3 Å². The Hall–Kier alpha value is -4.58. The van der Waals surface area contributed by atoms with Crippen molar-refractivity contribution in [2.75, 3.05) is 0 Å². The normalized spacial score (nSPS) is 16.4. The maximum Gasteiger partial charge on any atom is 0.495 e. The Morgan fingerprint density at radius 3 is 2.14 bits per heavy atom. The van der Waals surface area contributed by atoms with Crippen molar-refractivity contribution in [1.29, 1.82) is 0 Å². The number of fused-ring (bicyclic) bond motifs is 8. The minimum absolute atomic E-state index is 0.473. The van der Waals surface area contributed by atoms with Crippen LogP contribution in [0, 0.1) is 0 Å². The maximum atomic E-state index is 6.65. The molecule has 0 atom stereocenters. The fourth-order valence-corrected chi connectivity index (χ4v) is 6.59. The van der Waals surface area contributed by atoms with Crippen molar-refractivity contribution in [2.24, 2.45) is 0 Å². The highest BCUT2D eigenvalue weighted by atomic mass is 16.7. The third-order valence-corrected chi connectivity index (χ3v) is 9.61. The summed E-state index contributed by atoms with van der Waals surface area (Å²) in [6.45, 7) is 14.3. The number of furan rings is 2. The van der Waals surface area contributed by atoms with Crippen LogP contribution in [0.15, 0.2) is 100 Å². The molecule has 5 heteroatoms. The zero-order valence-corrected chi connectivity index (χ0v) is 25.7. The highest BCUT2D eigenvalue weighted by Gasteiger charge is 2.52. The predicted molar refractivity (Wildman–Crippen MR) is 184 cm³/mol. The first kappa shape index (κ1) is 27.0. The highest BCUT2D eigenvalue weighted by molar-refractivity contribution is 6.66. The molecule has 1 aliphatic heterocycles. The minimum atomic E-state index is -0.542. The summed E-state index contributed by atoms with van der Waals surface area (Å²) in [5.41, 5.74) is 5.82. The largest absolute Gasteiger partial charge is 0.495 e. The Labute approximate surface area is 256 Å². The fraction of sp³-hybridized carbons (Fsp3) is 0.179. The molecule has 44 heavy (non-hydrogen) atoms. The van der Waals surface area contributed by atoms with Crippen LogP contribution in [-0.4, -0.2) is 18.3 Å². The predicted octanol–water partition coefficient (Wildman–Crippen LogP) is 10.3. The number of hydrogen-bond donors (Lipinski definition) is 0. The van der Waals surface area contributed by atoms with Crippen LogP contribution in [0.1, 0.15) is 45.9 Å². The average Bonchev–Trinajstić information content (AvgIpc) is 3.64. The van der Waals surface area contributed by atoms with E-state index in [-0.39, 0.29) is 0 Å². The Morgan fingerprint density at radius 1 is 0.682 bits per heavy atom. The standard InChI is InChI=1S/C39H33BO4/c1-7-11-27-31-21-25(16-19-34(31)41-33(27)8-2)24-15-17-28-30(20-24)32(40-43-38(3,4)39(5,6)44-40)22-35-36(28)29-18-14-23-12-9-10-13-26(23)37(29)42-35/h7-22H,2H2,1,3-6H3/b11-7-. The monoisotopic (exact) mass is 576 g/mol. The van der Waals surface area contributed by atoms with Crippen molar-refractivity contribution < 1.29 is 18.1 Å². The molecule has 0 N–H and O–H groups in total. The molecule has 1 saturated heterocycles. The van der Waals surface area contributed by atoms with Crippen LogP contribution in [0.3, 0.4) is 0 Å². The van der Waals surface area contributed by atoms with Gasteiger partial charge in [-0.1, -0.05) is 67.3 Å². The number of allylic oxidation sites excluding steroid dienone is 1. The topological polar surface area (TPSA) is 44.7 Å². The van der Waals surface area contributed by atoms with Gasteiger partial charge in [0.1, 0.15) is 22.5 Å². The van der Waals surface area contributed by atoms with E-state index in [1.165, 1.54) is 0 Å². The second-order valence-electron chi connectivity index (χ2n) is 12.7. The molecule has 0 saturated carbocycles. The number of rotatable bonds is 4. The number of hydrogen-bond acceptors (Lipinski definition) is 4. The van der Waals surface area contributed by atoms with Crippen molar-refractivity contribution in [3.8, 4) is 11.1 Å². The molecule has 7 aromatic rings. The molecule has 0 unspecified atom stereocenters. The summed E-state index contributed by atoms with van der Waals surface area (Å²) < 4.78 is 26.0. The molecule has 1 fully saturated rings. The van der Waals surface area contributed by atoms with Gasteiger partial charge in [-0.15, -0.1) is 0 Å². The third-order valence-electron chi connectivity index (χ3n) is 9.61. The van der Waals surface area contributed by atoms with Crippen molar-refractivity contribution in [1.82, 2.24) is 0 Å². The summed E-state index contributed by atoms with van der Waals surface area (Å²) in [6.07, 6.45) is 5.87. The van der Waals surface area contributed by atoms with Gasteiger partial charge in [0.15, 0.2) is 0 Å². The van der Waals surface area contributed by atoms with Gasteiger partial charge in [-0.25, -0.2) is 0 Å². The summed E-state index contributed by atoms with van der Waals surface area (Å²) in [5, 5.41) is 7.71. The summed E-state index contributed by atoms with van der Waals surface area (Å²) in [4.78, 5) is 0. The van der Waals surface area contributed by atoms with Crippen LogP contribution in [0.5, 0.6) is 0 Å². The molecule has 5 aromatic carbocycles. The molecular formula is C39H33BO4. The summed E-state index contributed by atoms with van der Waals surface area (Å²) in [7, 11) is -0.542. The van der Waals surface area contributed by atoms with Crippen LogP contribution in [0.4, 0.5) is 0 Å². The molecule has 3 heterocycles. The van der Waals surface area contributed by atoms with E-state index in [2.05, 4.69) is 113 Å². The Kier molecular flexibility index (Phi) is 5.81. The van der Waals surface area contributed by atoms with E-state index in [1.807, 2.05) is 19.1 Å². The van der Waals surface area contributed by atoms with Gasteiger partial charge < -0.3 is 18.1 Å². The molecule has 8 rings (SSSR count). The molecule has 0 bridgehead atoms. The quantitative estimate of drug-likeness (QED) is 0.196. The van der Waals surface area contributed by atoms with E-state index in [9.17, 15) is 0 Å². The lowest BCUT2D eigenvalue weighted by molar-refractivity contribution is 0.00578. The minimum Gasteiger partial charge on any atom is -0.456 e. The van der Waals surface area contributed by atoms with E-state index in [0.29, 0.717) is 0 Å². The van der Waals surface area contributed by atoms with Crippen molar-refractivity contribution in [3.63, 3.8) is 0 Å². The van der Waals surface area contributed by atoms with Crippen LogP contribution in [-0.2, 0) is 9.31 Å². The lowest BCUT2D eigenvalue weighted by Crippen LogP contribution is -2.41. The van der Waals surface area contributed by atoms with Crippen molar-refractivity contribution in [2.45, 2.75) is 45.8 Å². The van der Waals surface area contributed by atoms with Crippen molar-refractivity contribution >= 4 is 79.2 Å². The fourth-order valence-electron chi connectivity index (χ4n) is 6.59. The molecule has 1 aliphatic rings. The van der Waals surface area contributed by atoms with Crippen LogP contribution in [0.25, 0.3) is 77.7 Å². The van der Waals surface area contributed by atoms with E-state index in [1.54, 1.807) is 6.08 Å². The molecule has 0 aliphatic carbocycles. The van der Waals surface area contributed by atoms with Gasteiger partial charge in [-0.2, -0.15) is 0 Å². The molecule has 0 amide bonds. The molecule has 0 radical (unpaired) electrons. The second-order valence-corrected chi connectivity index (χ2v) is 12.7. The van der Waals surface area contributed by atoms with Gasteiger partial charge in [0.2, 0.25) is 0 Å². The maximum absolute atomic E-state index is 6.65. The first-order valence-electron chi connectivity index (χ1n) is 15.2. The zero-order valence-electron chi connectivity index (χ0n) is 25.7. The van der Waals surface area contributed by atoms with E-state index in [0.717, 1.165) is 82.4 Å². The molecule has 2 aromatic heterocycles. The third kappa shape index (κ3) is 3.86. The first-order chi connectivity index (χ1) is 21.2. The SMILES string of the molecule is C=Cc1oc2ccc(-c3ccc4c(c3)c(B3OC(C)(C)C(C)(C)O3)cc3oc5c6ccccc6ccc5c34)cc2c1/C=C\C. The van der Waals surface area contributed by atoms with E-state index in [4.69, 9.17) is 18.1 Å². The summed E-state index contributed by atoms with van der Waals surface area (Å²) in [6, 6.07) is 27.9. The Bertz CT molecular complexity index is 2320. The van der Waals surface area contributed by atoms with Gasteiger partial charge in [0.05, 0.1) is 11.2 Å². The van der Waals surface area contributed by atoms with Gasteiger partial charge in [0, 0.05) is 27.1 Å². The molecule has 216 valence electrons. The summed E-state index contributed by atoms with van der Waals surface area (Å²) in [5.74, 6) is 0.776.